The molecule has 0 aliphatic carbocycles. The van der Waals surface area contributed by atoms with Crippen LogP contribution in [0.25, 0.3) is 0 Å². The first-order chi connectivity index (χ1) is 12.0. The number of nitro benzene ring substituents is 1. The minimum Gasteiger partial charge on any atom is -0.460 e. The number of nitro groups is 1. The maximum absolute atomic E-state index is 12.0. The highest BCUT2D eigenvalue weighted by molar-refractivity contribution is 5.92. The lowest BCUT2D eigenvalue weighted by Crippen LogP contribution is -2.11. The summed E-state index contributed by atoms with van der Waals surface area (Å²) in [6.07, 6.45) is 0. The summed E-state index contributed by atoms with van der Waals surface area (Å²) in [6.45, 7) is 0.447. The second kappa shape index (κ2) is 8.55. The first kappa shape index (κ1) is 18.1. The van der Waals surface area contributed by atoms with Gasteiger partial charge in [0.2, 0.25) is 0 Å². The molecule has 0 heterocycles. The first-order valence-corrected chi connectivity index (χ1v) is 7.24. The van der Waals surface area contributed by atoms with Gasteiger partial charge in [0, 0.05) is 19.2 Å². The molecule has 2 rings (SSSR count). The topological polar surface area (TPSA) is 105 Å². The van der Waals surface area contributed by atoms with E-state index in [0.717, 1.165) is 0 Å². The summed E-state index contributed by atoms with van der Waals surface area (Å²) in [4.78, 5) is 33.7. The monoisotopic (exact) mass is 345 g/mol. The van der Waals surface area contributed by atoms with Crippen LogP contribution in [-0.2, 0) is 9.47 Å². The van der Waals surface area contributed by atoms with Crippen molar-refractivity contribution in [1.29, 1.82) is 0 Å². The SMILES string of the molecule is COCCOC(=O)c1ccc(OC(=O)c2ccc([N+](=O)[O-])cc2)cc1. The summed E-state index contributed by atoms with van der Waals surface area (Å²) in [6, 6.07) is 10.9. The molecule has 2 aromatic rings. The maximum Gasteiger partial charge on any atom is 0.343 e. The van der Waals surface area contributed by atoms with E-state index in [9.17, 15) is 19.7 Å². The number of esters is 2. The Bertz CT molecular complexity index is 754. The molecule has 0 fully saturated rings. The van der Waals surface area contributed by atoms with Gasteiger partial charge >= 0.3 is 11.9 Å². The number of non-ortho nitro benzene ring substituents is 1. The van der Waals surface area contributed by atoms with Crippen LogP contribution in [0, 0.1) is 10.1 Å². The van der Waals surface area contributed by atoms with Gasteiger partial charge in [-0.15, -0.1) is 0 Å². The van der Waals surface area contributed by atoms with Gasteiger partial charge in [0.1, 0.15) is 12.4 Å². The lowest BCUT2D eigenvalue weighted by Gasteiger charge is -2.06. The molecule has 0 aromatic heterocycles. The fraction of sp³-hybridized carbons (Fsp3) is 0.176. The van der Waals surface area contributed by atoms with Crippen LogP contribution < -0.4 is 4.74 Å². The van der Waals surface area contributed by atoms with Gasteiger partial charge in [0.25, 0.3) is 5.69 Å². The zero-order valence-electron chi connectivity index (χ0n) is 13.3. The molecule has 0 unspecified atom stereocenters. The minimum absolute atomic E-state index is 0.118. The third-order valence-electron chi connectivity index (χ3n) is 3.14. The molecule has 0 N–H and O–H groups in total. The van der Waals surface area contributed by atoms with E-state index in [4.69, 9.17) is 14.2 Å². The molecular weight excluding hydrogens is 330 g/mol. The molecule has 0 spiro atoms. The van der Waals surface area contributed by atoms with E-state index >= 15 is 0 Å². The van der Waals surface area contributed by atoms with Gasteiger partial charge in [-0.3, -0.25) is 10.1 Å². The van der Waals surface area contributed by atoms with Crippen LogP contribution in [0.3, 0.4) is 0 Å². The van der Waals surface area contributed by atoms with E-state index < -0.39 is 16.9 Å². The Kier molecular flexibility index (Phi) is 6.19. The van der Waals surface area contributed by atoms with Crippen molar-refractivity contribution in [3.8, 4) is 5.75 Å². The number of rotatable bonds is 7. The quantitative estimate of drug-likeness (QED) is 0.250. The number of methoxy groups -OCH3 is 1. The van der Waals surface area contributed by atoms with Gasteiger partial charge in [-0.1, -0.05) is 0 Å². The van der Waals surface area contributed by atoms with Gasteiger partial charge in [-0.05, 0) is 36.4 Å². The molecule has 130 valence electrons. The number of nitrogens with zero attached hydrogens (tertiary/aromatic N) is 1. The normalized spacial score (nSPS) is 10.1. The predicted molar refractivity (Wildman–Crippen MR) is 86.7 cm³/mol. The first-order valence-electron chi connectivity index (χ1n) is 7.24. The number of carbonyl (C=O) groups is 2. The summed E-state index contributed by atoms with van der Waals surface area (Å²) in [7, 11) is 1.50. The molecule has 8 heteroatoms. The molecule has 0 aliphatic heterocycles. The van der Waals surface area contributed by atoms with Crippen LogP contribution in [0.15, 0.2) is 48.5 Å². The van der Waals surface area contributed by atoms with Crippen LogP contribution in [0.4, 0.5) is 5.69 Å². The summed E-state index contributed by atoms with van der Waals surface area (Å²) >= 11 is 0. The maximum atomic E-state index is 12.0. The van der Waals surface area contributed by atoms with Crippen LogP contribution in [-0.4, -0.2) is 37.2 Å². The van der Waals surface area contributed by atoms with Crippen LogP contribution in [0.1, 0.15) is 20.7 Å². The average molecular weight is 345 g/mol. The molecule has 0 radical (unpaired) electrons. The Morgan fingerprint density at radius 2 is 1.48 bits per heavy atom. The van der Waals surface area contributed by atoms with Crippen molar-refractivity contribution in [3.05, 3.63) is 69.8 Å². The highest BCUT2D eigenvalue weighted by Gasteiger charge is 2.12. The number of carbonyl (C=O) groups excluding carboxylic acids is 2. The van der Waals surface area contributed by atoms with Gasteiger partial charge < -0.3 is 14.2 Å². The molecule has 0 bridgehead atoms. The van der Waals surface area contributed by atoms with E-state index in [1.807, 2.05) is 0 Å². The van der Waals surface area contributed by atoms with Gasteiger partial charge in [-0.25, -0.2) is 9.59 Å². The van der Waals surface area contributed by atoms with Gasteiger partial charge in [-0.2, -0.15) is 0 Å². The highest BCUT2D eigenvalue weighted by Crippen LogP contribution is 2.17. The van der Waals surface area contributed by atoms with E-state index in [-0.39, 0.29) is 23.6 Å². The van der Waals surface area contributed by atoms with Crippen molar-refractivity contribution in [2.75, 3.05) is 20.3 Å². The molecule has 0 atom stereocenters. The van der Waals surface area contributed by atoms with Crippen molar-refractivity contribution in [3.63, 3.8) is 0 Å². The number of ether oxygens (including phenoxy) is 3. The standard InChI is InChI=1S/C17H15NO7/c1-23-10-11-24-16(19)12-4-8-15(9-5-12)25-17(20)13-2-6-14(7-3-13)18(21)22/h2-9H,10-11H2,1H3. The molecule has 25 heavy (non-hydrogen) atoms. The Balaban J connectivity index is 1.97. The minimum atomic E-state index is -0.662. The Labute approximate surface area is 143 Å². The van der Waals surface area contributed by atoms with Crippen molar-refractivity contribution < 1.29 is 28.7 Å². The third-order valence-corrected chi connectivity index (χ3v) is 3.14. The second-order valence-electron chi connectivity index (χ2n) is 4.85. The zero-order chi connectivity index (χ0) is 18.2. The molecule has 0 saturated heterocycles. The predicted octanol–water partition coefficient (Wildman–Crippen LogP) is 2.62. The Morgan fingerprint density at radius 1 is 0.920 bits per heavy atom. The Hall–Kier alpha value is -3.26. The number of hydrogen-bond acceptors (Lipinski definition) is 7. The summed E-state index contributed by atoms with van der Waals surface area (Å²) in [5, 5.41) is 10.6. The van der Waals surface area contributed by atoms with Gasteiger partial charge in [0.15, 0.2) is 0 Å². The largest absolute Gasteiger partial charge is 0.460 e. The van der Waals surface area contributed by atoms with E-state index in [2.05, 4.69) is 0 Å². The fourth-order valence-electron chi connectivity index (χ4n) is 1.85. The summed E-state index contributed by atoms with van der Waals surface area (Å²) in [5.41, 5.74) is 0.368. The molecule has 2 aromatic carbocycles. The van der Waals surface area contributed by atoms with E-state index in [1.165, 1.54) is 55.6 Å². The molecule has 0 aliphatic rings. The van der Waals surface area contributed by atoms with Crippen molar-refractivity contribution in [1.82, 2.24) is 0 Å². The van der Waals surface area contributed by atoms with Crippen molar-refractivity contribution in [2.45, 2.75) is 0 Å². The second-order valence-corrected chi connectivity index (χ2v) is 4.85. The van der Waals surface area contributed by atoms with E-state index in [0.29, 0.717) is 12.2 Å². The zero-order valence-corrected chi connectivity index (χ0v) is 13.3. The van der Waals surface area contributed by atoms with Gasteiger partial charge in [0.05, 0.1) is 22.7 Å². The van der Waals surface area contributed by atoms with E-state index in [1.54, 1.807) is 0 Å². The van der Waals surface area contributed by atoms with Crippen LogP contribution in [0.2, 0.25) is 0 Å². The van der Waals surface area contributed by atoms with Crippen LogP contribution in [0.5, 0.6) is 5.75 Å². The lowest BCUT2D eigenvalue weighted by atomic mass is 10.2. The molecular formula is C17H15NO7. The molecule has 8 nitrogen and oxygen atoms in total. The molecule has 0 saturated carbocycles. The smallest absolute Gasteiger partial charge is 0.343 e. The third kappa shape index (κ3) is 5.11. The Morgan fingerprint density at radius 3 is 2.04 bits per heavy atom. The fourth-order valence-corrected chi connectivity index (χ4v) is 1.85. The summed E-state index contributed by atoms with van der Waals surface area (Å²) in [5.74, 6) is -0.938. The number of benzene rings is 2. The highest BCUT2D eigenvalue weighted by atomic mass is 16.6. The average Bonchev–Trinajstić information content (AvgIpc) is 2.62. The molecule has 0 amide bonds. The van der Waals surface area contributed by atoms with Crippen molar-refractivity contribution >= 4 is 17.6 Å². The van der Waals surface area contributed by atoms with Crippen molar-refractivity contribution in [2.24, 2.45) is 0 Å². The summed E-state index contributed by atoms with van der Waals surface area (Å²) < 4.78 is 14.9. The van der Waals surface area contributed by atoms with Crippen LogP contribution >= 0.6 is 0 Å². The lowest BCUT2D eigenvalue weighted by molar-refractivity contribution is -0.384. The number of hydrogen-bond donors (Lipinski definition) is 0.